The van der Waals surface area contributed by atoms with Gasteiger partial charge in [0.25, 0.3) is 0 Å². The highest BCUT2D eigenvalue weighted by Crippen LogP contribution is 2.13. The van der Waals surface area contributed by atoms with Crippen molar-refractivity contribution < 1.29 is 15.3 Å². The highest BCUT2D eigenvalue weighted by Gasteiger charge is 2.22. The van der Waals surface area contributed by atoms with Crippen molar-refractivity contribution in [2.24, 2.45) is 5.73 Å². The van der Waals surface area contributed by atoms with Crippen LogP contribution in [0.25, 0.3) is 0 Å². The Kier molecular flexibility index (Phi) is 6.24. The highest BCUT2D eigenvalue weighted by atomic mass is 16.3. The Balaban J connectivity index is 3.55. The minimum atomic E-state index is -1.07. The van der Waals surface area contributed by atoms with E-state index in [0.717, 1.165) is 19.3 Å². The molecule has 0 radical (unpaired) electrons. The first-order valence-electron chi connectivity index (χ1n) is 4.71. The van der Waals surface area contributed by atoms with Crippen LogP contribution in [0.3, 0.4) is 0 Å². The quantitative estimate of drug-likeness (QED) is 0.413. The molecule has 0 aliphatic heterocycles. The van der Waals surface area contributed by atoms with Crippen LogP contribution in [0.1, 0.15) is 32.6 Å². The lowest BCUT2D eigenvalue weighted by atomic mass is 9.95. The predicted octanol–water partition coefficient (Wildman–Crippen LogP) is -0.390. The molecule has 0 aliphatic carbocycles. The molecule has 0 aromatic heterocycles. The van der Waals surface area contributed by atoms with Crippen molar-refractivity contribution in [3.05, 3.63) is 0 Å². The van der Waals surface area contributed by atoms with Crippen molar-refractivity contribution in [2.75, 3.05) is 13.2 Å². The fourth-order valence-electron chi connectivity index (χ4n) is 1.25. The summed E-state index contributed by atoms with van der Waals surface area (Å²) in [4.78, 5) is 0. The number of aliphatic hydroxyl groups excluding tert-OH is 2. The van der Waals surface area contributed by atoms with E-state index in [4.69, 9.17) is 15.9 Å². The van der Waals surface area contributed by atoms with Crippen LogP contribution in [0.5, 0.6) is 0 Å². The molecular formula is C9H21NO3. The maximum atomic E-state index is 9.47. The van der Waals surface area contributed by atoms with E-state index in [9.17, 15) is 5.11 Å². The number of rotatable bonds is 7. The second-order valence-corrected chi connectivity index (χ2v) is 3.84. The molecule has 0 aliphatic rings. The SMILES string of the molecule is CC(O)(CO)CC(N)CCCCO. The molecule has 4 heteroatoms. The minimum absolute atomic E-state index is 0.103. The molecule has 0 aromatic carbocycles. The minimum Gasteiger partial charge on any atom is -0.396 e. The molecule has 13 heavy (non-hydrogen) atoms. The third-order valence-corrected chi connectivity index (χ3v) is 2.03. The first-order chi connectivity index (χ1) is 6.02. The average Bonchev–Trinajstić information content (AvgIpc) is 2.04. The van der Waals surface area contributed by atoms with Crippen LogP contribution in [0.2, 0.25) is 0 Å². The Bertz CT molecular complexity index is 128. The van der Waals surface area contributed by atoms with Crippen LogP contribution in [0.4, 0.5) is 0 Å². The summed E-state index contributed by atoms with van der Waals surface area (Å²) in [6.45, 7) is 1.49. The summed E-state index contributed by atoms with van der Waals surface area (Å²) in [5.41, 5.74) is 4.65. The van der Waals surface area contributed by atoms with Crippen molar-refractivity contribution in [1.82, 2.24) is 0 Å². The lowest BCUT2D eigenvalue weighted by Gasteiger charge is -2.24. The zero-order valence-electron chi connectivity index (χ0n) is 8.24. The van der Waals surface area contributed by atoms with Crippen molar-refractivity contribution >= 4 is 0 Å². The maximum Gasteiger partial charge on any atom is 0.0864 e. The summed E-state index contributed by atoms with van der Waals surface area (Å²) < 4.78 is 0. The van der Waals surface area contributed by atoms with Gasteiger partial charge in [0.05, 0.1) is 12.2 Å². The number of unbranched alkanes of at least 4 members (excludes halogenated alkanes) is 1. The van der Waals surface area contributed by atoms with E-state index in [1.54, 1.807) is 6.92 Å². The standard InChI is InChI=1S/C9H21NO3/c1-9(13,7-12)6-8(10)4-2-3-5-11/h8,11-13H,2-7,10H2,1H3. The molecule has 0 spiro atoms. The first kappa shape index (κ1) is 12.8. The molecule has 0 rings (SSSR count). The molecule has 5 N–H and O–H groups in total. The third-order valence-electron chi connectivity index (χ3n) is 2.03. The molecule has 0 amide bonds. The number of nitrogens with two attached hydrogens (primary N) is 1. The second-order valence-electron chi connectivity index (χ2n) is 3.84. The zero-order valence-corrected chi connectivity index (χ0v) is 8.24. The number of hydrogen-bond acceptors (Lipinski definition) is 4. The molecule has 0 bridgehead atoms. The van der Waals surface area contributed by atoms with Crippen molar-refractivity contribution in [2.45, 2.75) is 44.2 Å². The number of hydrogen-bond donors (Lipinski definition) is 4. The lowest BCUT2D eigenvalue weighted by molar-refractivity contribution is -0.0107. The van der Waals surface area contributed by atoms with Crippen LogP contribution in [0.15, 0.2) is 0 Å². The van der Waals surface area contributed by atoms with Crippen molar-refractivity contribution in [1.29, 1.82) is 0 Å². The fraction of sp³-hybridized carbons (Fsp3) is 1.00. The summed E-state index contributed by atoms with van der Waals surface area (Å²) in [6, 6.07) is -0.103. The summed E-state index contributed by atoms with van der Waals surface area (Å²) in [6.07, 6.45) is 2.78. The molecule has 80 valence electrons. The van der Waals surface area contributed by atoms with Gasteiger partial charge in [-0.05, 0) is 32.6 Å². The number of aliphatic hydroxyl groups is 3. The normalized spacial score (nSPS) is 18.2. The Hall–Kier alpha value is -0.160. The Morgan fingerprint density at radius 3 is 2.38 bits per heavy atom. The summed E-state index contributed by atoms with van der Waals surface area (Å²) in [5, 5.41) is 26.8. The fourth-order valence-corrected chi connectivity index (χ4v) is 1.25. The van der Waals surface area contributed by atoms with Gasteiger partial charge in [0.1, 0.15) is 0 Å². The van der Waals surface area contributed by atoms with Gasteiger partial charge < -0.3 is 21.1 Å². The van der Waals surface area contributed by atoms with Gasteiger partial charge in [0.15, 0.2) is 0 Å². The third kappa shape index (κ3) is 6.95. The maximum absolute atomic E-state index is 9.47. The monoisotopic (exact) mass is 191 g/mol. The average molecular weight is 191 g/mol. The van der Waals surface area contributed by atoms with Gasteiger partial charge in [0, 0.05) is 12.6 Å². The van der Waals surface area contributed by atoms with Gasteiger partial charge in [-0.3, -0.25) is 0 Å². The van der Waals surface area contributed by atoms with Crippen LogP contribution in [-0.4, -0.2) is 40.2 Å². The topological polar surface area (TPSA) is 86.7 Å². The van der Waals surface area contributed by atoms with E-state index < -0.39 is 5.60 Å². The highest BCUT2D eigenvalue weighted by molar-refractivity contribution is 4.77. The van der Waals surface area contributed by atoms with Gasteiger partial charge in [-0.1, -0.05) is 0 Å². The predicted molar refractivity (Wildman–Crippen MR) is 51.2 cm³/mol. The van der Waals surface area contributed by atoms with Gasteiger partial charge in [-0.15, -0.1) is 0 Å². The molecule has 0 saturated carbocycles. The first-order valence-corrected chi connectivity index (χ1v) is 4.71. The second kappa shape index (κ2) is 6.32. The van der Waals surface area contributed by atoms with Crippen LogP contribution >= 0.6 is 0 Å². The Morgan fingerprint density at radius 2 is 1.92 bits per heavy atom. The summed E-state index contributed by atoms with van der Waals surface area (Å²) in [5.74, 6) is 0. The molecular weight excluding hydrogens is 170 g/mol. The molecule has 0 heterocycles. The molecule has 0 saturated heterocycles. The van der Waals surface area contributed by atoms with Crippen LogP contribution < -0.4 is 5.73 Å². The largest absolute Gasteiger partial charge is 0.396 e. The van der Waals surface area contributed by atoms with E-state index in [-0.39, 0.29) is 19.3 Å². The van der Waals surface area contributed by atoms with E-state index >= 15 is 0 Å². The van der Waals surface area contributed by atoms with E-state index in [0.29, 0.717) is 6.42 Å². The molecule has 4 nitrogen and oxygen atoms in total. The van der Waals surface area contributed by atoms with E-state index in [1.165, 1.54) is 0 Å². The zero-order chi connectivity index (χ0) is 10.3. The lowest BCUT2D eigenvalue weighted by Crippen LogP contribution is -2.37. The Morgan fingerprint density at radius 1 is 1.31 bits per heavy atom. The van der Waals surface area contributed by atoms with Crippen molar-refractivity contribution in [3.8, 4) is 0 Å². The van der Waals surface area contributed by atoms with Gasteiger partial charge >= 0.3 is 0 Å². The van der Waals surface area contributed by atoms with E-state index in [2.05, 4.69) is 0 Å². The molecule has 2 atom stereocenters. The van der Waals surface area contributed by atoms with Gasteiger partial charge in [-0.2, -0.15) is 0 Å². The molecule has 0 aromatic rings. The summed E-state index contributed by atoms with van der Waals surface area (Å²) in [7, 11) is 0. The Labute approximate surface area is 79.4 Å². The van der Waals surface area contributed by atoms with Gasteiger partial charge in [0.2, 0.25) is 0 Å². The van der Waals surface area contributed by atoms with Gasteiger partial charge in [-0.25, -0.2) is 0 Å². The molecule has 2 unspecified atom stereocenters. The van der Waals surface area contributed by atoms with Crippen LogP contribution in [0, 0.1) is 0 Å². The summed E-state index contributed by atoms with van der Waals surface area (Å²) >= 11 is 0. The molecule has 0 fully saturated rings. The van der Waals surface area contributed by atoms with Crippen molar-refractivity contribution in [3.63, 3.8) is 0 Å². The van der Waals surface area contributed by atoms with Crippen LogP contribution in [-0.2, 0) is 0 Å². The van der Waals surface area contributed by atoms with E-state index in [1.807, 2.05) is 0 Å². The smallest absolute Gasteiger partial charge is 0.0864 e.